The Hall–Kier alpha value is -1.63. The zero-order valence-electron chi connectivity index (χ0n) is 9.67. The molecule has 2 rings (SSSR count). The molecule has 1 aromatic carbocycles. The first-order valence-electron chi connectivity index (χ1n) is 5.64. The molecule has 104 valence electrons. The Balaban J connectivity index is 2.35. The van der Waals surface area contributed by atoms with Crippen LogP contribution in [0.25, 0.3) is 0 Å². The van der Waals surface area contributed by atoms with Gasteiger partial charge in [-0.05, 0) is 36.6 Å². The smallest absolute Gasteiger partial charge is 0.416 e. The third-order valence-electron chi connectivity index (χ3n) is 2.81. The van der Waals surface area contributed by atoms with Crippen LogP contribution < -0.4 is 5.32 Å². The van der Waals surface area contributed by atoms with Crippen molar-refractivity contribution in [2.45, 2.75) is 31.1 Å². The molecular formula is C12H11F4NO2. The summed E-state index contributed by atoms with van der Waals surface area (Å²) in [4.78, 5) is 11.1. The SMILES string of the molecule is O=C(O)C(NC1CC1)c1cc(F)cc(C(F)(F)F)c1. The van der Waals surface area contributed by atoms with Gasteiger partial charge >= 0.3 is 12.1 Å². The summed E-state index contributed by atoms with van der Waals surface area (Å²) in [5.41, 5.74) is -1.42. The lowest BCUT2D eigenvalue weighted by Crippen LogP contribution is -2.30. The third kappa shape index (κ3) is 3.44. The van der Waals surface area contributed by atoms with Gasteiger partial charge in [0, 0.05) is 6.04 Å². The number of carbonyl (C=O) groups is 1. The number of rotatable bonds is 4. The van der Waals surface area contributed by atoms with Gasteiger partial charge in [-0.1, -0.05) is 0 Å². The van der Waals surface area contributed by atoms with Crippen molar-refractivity contribution < 1.29 is 27.5 Å². The molecule has 3 nitrogen and oxygen atoms in total. The van der Waals surface area contributed by atoms with Crippen LogP contribution in [-0.2, 0) is 11.0 Å². The number of nitrogens with one attached hydrogen (secondary N) is 1. The highest BCUT2D eigenvalue weighted by molar-refractivity contribution is 5.75. The third-order valence-corrected chi connectivity index (χ3v) is 2.81. The Bertz CT molecular complexity index is 497. The van der Waals surface area contributed by atoms with Gasteiger partial charge in [-0.2, -0.15) is 13.2 Å². The van der Waals surface area contributed by atoms with E-state index in [9.17, 15) is 22.4 Å². The summed E-state index contributed by atoms with van der Waals surface area (Å²) in [5, 5.41) is 11.7. The Morgan fingerprint density at radius 2 is 1.95 bits per heavy atom. The van der Waals surface area contributed by atoms with Gasteiger partial charge in [0.25, 0.3) is 0 Å². The molecule has 0 aromatic heterocycles. The summed E-state index contributed by atoms with van der Waals surface area (Å²) in [6.07, 6.45) is -3.17. The standard InChI is InChI=1S/C12H11F4NO2/c13-8-4-6(3-7(5-8)12(14,15)16)10(11(18)19)17-9-1-2-9/h3-5,9-10,17H,1-2H2,(H,18,19). The second kappa shape index (κ2) is 4.80. The molecule has 1 aliphatic rings. The number of alkyl halides is 3. The molecule has 0 aliphatic heterocycles. The van der Waals surface area contributed by atoms with Crippen LogP contribution in [-0.4, -0.2) is 17.1 Å². The number of hydrogen-bond donors (Lipinski definition) is 2. The zero-order valence-corrected chi connectivity index (χ0v) is 9.67. The lowest BCUT2D eigenvalue weighted by atomic mass is 10.0. The fourth-order valence-electron chi connectivity index (χ4n) is 1.74. The van der Waals surface area contributed by atoms with Gasteiger partial charge in [0.1, 0.15) is 11.9 Å². The Kier molecular flexibility index (Phi) is 3.49. The highest BCUT2D eigenvalue weighted by atomic mass is 19.4. The van der Waals surface area contributed by atoms with Crippen molar-refractivity contribution in [2.24, 2.45) is 0 Å². The quantitative estimate of drug-likeness (QED) is 0.832. The molecule has 2 N–H and O–H groups in total. The first-order valence-corrected chi connectivity index (χ1v) is 5.64. The molecule has 0 heterocycles. The van der Waals surface area contributed by atoms with Crippen LogP contribution >= 0.6 is 0 Å². The summed E-state index contributed by atoms with van der Waals surface area (Å²) < 4.78 is 50.9. The van der Waals surface area contributed by atoms with Gasteiger partial charge in [-0.3, -0.25) is 10.1 Å². The van der Waals surface area contributed by atoms with E-state index in [0.717, 1.165) is 18.9 Å². The van der Waals surface area contributed by atoms with Gasteiger partial charge in [0.15, 0.2) is 0 Å². The normalized spacial score (nSPS) is 17.3. The molecule has 1 aliphatic carbocycles. The molecule has 7 heteroatoms. The van der Waals surface area contributed by atoms with Gasteiger partial charge < -0.3 is 5.11 Å². The number of hydrogen-bond acceptors (Lipinski definition) is 2. The van der Waals surface area contributed by atoms with E-state index in [4.69, 9.17) is 5.11 Å². The number of aliphatic carboxylic acids is 1. The van der Waals surface area contributed by atoms with Crippen molar-refractivity contribution in [3.8, 4) is 0 Å². The van der Waals surface area contributed by atoms with E-state index < -0.39 is 29.6 Å². The van der Waals surface area contributed by atoms with Gasteiger partial charge in [-0.15, -0.1) is 0 Å². The van der Waals surface area contributed by atoms with Gasteiger partial charge in [-0.25, -0.2) is 4.39 Å². The van der Waals surface area contributed by atoms with E-state index in [1.807, 2.05) is 0 Å². The van der Waals surface area contributed by atoms with Crippen LogP contribution in [0.4, 0.5) is 17.6 Å². The Morgan fingerprint density at radius 1 is 1.32 bits per heavy atom. The first-order chi connectivity index (χ1) is 8.77. The minimum absolute atomic E-state index is 0.0290. The van der Waals surface area contributed by atoms with Crippen molar-refractivity contribution in [3.63, 3.8) is 0 Å². The van der Waals surface area contributed by atoms with Crippen LogP contribution in [0.3, 0.4) is 0 Å². The van der Waals surface area contributed by atoms with Crippen LogP contribution in [0.2, 0.25) is 0 Å². The first kappa shape index (κ1) is 13.8. The summed E-state index contributed by atoms with van der Waals surface area (Å²) in [6, 6.07) is 0.461. The molecule has 0 spiro atoms. The molecule has 0 amide bonds. The molecular weight excluding hydrogens is 266 g/mol. The monoisotopic (exact) mass is 277 g/mol. The number of halogens is 4. The molecule has 1 fully saturated rings. The minimum Gasteiger partial charge on any atom is -0.480 e. The number of carboxylic acid groups (broad SMARTS) is 1. The summed E-state index contributed by atoms with van der Waals surface area (Å²) in [7, 11) is 0. The molecule has 1 atom stereocenters. The van der Waals surface area contributed by atoms with E-state index >= 15 is 0 Å². The molecule has 0 saturated heterocycles. The van der Waals surface area contributed by atoms with Crippen LogP contribution in [0.15, 0.2) is 18.2 Å². The fourth-order valence-corrected chi connectivity index (χ4v) is 1.74. The Labute approximate surface area is 106 Å². The van der Waals surface area contributed by atoms with Crippen LogP contribution in [0, 0.1) is 5.82 Å². The average molecular weight is 277 g/mol. The molecule has 0 bridgehead atoms. The maximum atomic E-state index is 13.2. The van der Waals surface area contributed by atoms with Crippen molar-refractivity contribution in [1.82, 2.24) is 5.32 Å². The van der Waals surface area contributed by atoms with Crippen LogP contribution in [0.1, 0.15) is 30.0 Å². The summed E-state index contributed by atoms with van der Waals surface area (Å²) in [5.74, 6) is -2.43. The van der Waals surface area contributed by atoms with Crippen molar-refractivity contribution in [1.29, 1.82) is 0 Å². The van der Waals surface area contributed by atoms with E-state index in [1.165, 1.54) is 0 Å². The zero-order chi connectivity index (χ0) is 14.2. The summed E-state index contributed by atoms with van der Waals surface area (Å²) >= 11 is 0. The molecule has 1 saturated carbocycles. The number of carboxylic acids is 1. The second-order valence-corrected chi connectivity index (χ2v) is 4.48. The fraction of sp³-hybridized carbons (Fsp3) is 0.417. The van der Waals surface area contributed by atoms with E-state index in [1.54, 1.807) is 0 Å². The summed E-state index contributed by atoms with van der Waals surface area (Å²) in [6.45, 7) is 0. The van der Waals surface area contributed by atoms with Crippen molar-refractivity contribution in [3.05, 3.63) is 35.1 Å². The average Bonchev–Trinajstić information content (AvgIpc) is 3.07. The predicted octanol–water partition coefficient (Wildman–Crippen LogP) is 2.72. The number of benzene rings is 1. The maximum absolute atomic E-state index is 13.2. The van der Waals surface area contributed by atoms with E-state index in [0.29, 0.717) is 12.1 Å². The lowest BCUT2D eigenvalue weighted by Gasteiger charge is -2.16. The Morgan fingerprint density at radius 3 is 2.42 bits per heavy atom. The molecule has 1 aromatic rings. The van der Waals surface area contributed by atoms with Crippen molar-refractivity contribution in [2.75, 3.05) is 0 Å². The highest BCUT2D eigenvalue weighted by Gasteiger charge is 2.34. The van der Waals surface area contributed by atoms with Gasteiger partial charge in [0.05, 0.1) is 5.56 Å². The molecule has 0 radical (unpaired) electrons. The molecule has 1 unspecified atom stereocenters. The van der Waals surface area contributed by atoms with Gasteiger partial charge in [0.2, 0.25) is 0 Å². The molecule has 19 heavy (non-hydrogen) atoms. The second-order valence-electron chi connectivity index (χ2n) is 4.48. The predicted molar refractivity (Wildman–Crippen MR) is 57.9 cm³/mol. The lowest BCUT2D eigenvalue weighted by molar-refractivity contribution is -0.141. The minimum atomic E-state index is -4.71. The highest BCUT2D eigenvalue weighted by Crippen LogP contribution is 2.32. The topological polar surface area (TPSA) is 49.3 Å². The van der Waals surface area contributed by atoms with E-state index in [2.05, 4.69) is 5.32 Å². The van der Waals surface area contributed by atoms with E-state index in [-0.39, 0.29) is 11.6 Å². The van der Waals surface area contributed by atoms with Crippen molar-refractivity contribution >= 4 is 5.97 Å². The maximum Gasteiger partial charge on any atom is 0.416 e. The van der Waals surface area contributed by atoms with Crippen LogP contribution in [0.5, 0.6) is 0 Å². The largest absolute Gasteiger partial charge is 0.480 e.